The van der Waals surface area contributed by atoms with Crippen molar-refractivity contribution in [2.45, 2.75) is 32.4 Å². The summed E-state index contributed by atoms with van der Waals surface area (Å²) >= 11 is 0. The molecule has 14 heavy (non-hydrogen) atoms. The van der Waals surface area contributed by atoms with Gasteiger partial charge in [-0.25, -0.2) is 0 Å². The van der Waals surface area contributed by atoms with Gasteiger partial charge in [0, 0.05) is 12.6 Å². The fourth-order valence-corrected chi connectivity index (χ4v) is 1.88. The van der Waals surface area contributed by atoms with Crippen molar-refractivity contribution in [3.63, 3.8) is 0 Å². The van der Waals surface area contributed by atoms with Gasteiger partial charge in [0.1, 0.15) is 0 Å². The molecule has 82 valence electrons. The number of nitrogens with one attached hydrogen (secondary N) is 1. The van der Waals surface area contributed by atoms with Gasteiger partial charge in [0.15, 0.2) is 0 Å². The Morgan fingerprint density at radius 2 is 2.29 bits per heavy atom. The highest BCUT2D eigenvalue weighted by atomic mass is 16.2. The third kappa shape index (κ3) is 2.96. The molecule has 1 rings (SSSR count). The number of hydrogen-bond acceptors (Lipinski definition) is 3. The first-order valence-corrected chi connectivity index (χ1v) is 5.25. The lowest BCUT2D eigenvalue weighted by molar-refractivity contribution is -0.123. The molecule has 4 nitrogen and oxygen atoms in total. The quantitative estimate of drug-likeness (QED) is 0.647. The number of likely N-dealkylation sites (tertiary alicyclic amines) is 1. The molecule has 1 amide bonds. The van der Waals surface area contributed by atoms with Crippen molar-refractivity contribution in [2.24, 2.45) is 11.7 Å². The zero-order chi connectivity index (χ0) is 10.7. The second kappa shape index (κ2) is 4.75. The SMILES string of the molecule is CC1CN(C)CCC1NC(=O)[C@@H](C)N. The minimum Gasteiger partial charge on any atom is -0.352 e. The molecular weight excluding hydrogens is 178 g/mol. The second-order valence-electron chi connectivity index (χ2n) is 4.43. The van der Waals surface area contributed by atoms with Gasteiger partial charge in [-0.15, -0.1) is 0 Å². The molecule has 1 saturated heterocycles. The van der Waals surface area contributed by atoms with Crippen LogP contribution >= 0.6 is 0 Å². The van der Waals surface area contributed by atoms with E-state index in [4.69, 9.17) is 5.73 Å². The van der Waals surface area contributed by atoms with E-state index < -0.39 is 6.04 Å². The van der Waals surface area contributed by atoms with Crippen LogP contribution in [0.5, 0.6) is 0 Å². The van der Waals surface area contributed by atoms with E-state index in [1.807, 2.05) is 0 Å². The second-order valence-corrected chi connectivity index (χ2v) is 4.43. The topological polar surface area (TPSA) is 58.4 Å². The number of nitrogens with two attached hydrogens (primary N) is 1. The van der Waals surface area contributed by atoms with E-state index in [1.54, 1.807) is 6.92 Å². The number of carbonyl (C=O) groups excluding carboxylic acids is 1. The molecule has 3 N–H and O–H groups in total. The molecule has 1 heterocycles. The molecule has 4 heteroatoms. The first-order valence-electron chi connectivity index (χ1n) is 5.25. The van der Waals surface area contributed by atoms with Crippen molar-refractivity contribution in [3.8, 4) is 0 Å². The maximum absolute atomic E-state index is 11.4. The van der Waals surface area contributed by atoms with Crippen LogP contribution in [0.1, 0.15) is 20.3 Å². The van der Waals surface area contributed by atoms with Gasteiger partial charge < -0.3 is 16.0 Å². The van der Waals surface area contributed by atoms with E-state index in [1.165, 1.54) is 0 Å². The maximum atomic E-state index is 11.4. The predicted octanol–water partition coefficient (Wildman–Crippen LogP) is -0.210. The molecule has 1 aliphatic rings. The molecular formula is C10H21N3O. The average Bonchev–Trinajstić information content (AvgIpc) is 2.09. The number of hydrogen-bond donors (Lipinski definition) is 2. The molecule has 0 aromatic carbocycles. The summed E-state index contributed by atoms with van der Waals surface area (Å²) in [5.41, 5.74) is 5.50. The predicted molar refractivity (Wildman–Crippen MR) is 56.9 cm³/mol. The molecule has 0 aliphatic carbocycles. The van der Waals surface area contributed by atoms with Crippen molar-refractivity contribution in [1.29, 1.82) is 0 Å². The fraction of sp³-hybridized carbons (Fsp3) is 0.900. The van der Waals surface area contributed by atoms with E-state index >= 15 is 0 Å². The van der Waals surface area contributed by atoms with Gasteiger partial charge in [0.05, 0.1) is 6.04 Å². The molecule has 2 unspecified atom stereocenters. The zero-order valence-corrected chi connectivity index (χ0v) is 9.29. The lowest BCUT2D eigenvalue weighted by Gasteiger charge is -2.35. The van der Waals surface area contributed by atoms with Gasteiger partial charge in [-0.05, 0) is 32.9 Å². The lowest BCUT2D eigenvalue weighted by Crippen LogP contribution is -2.52. The van der Waals surface area contributed by atoms with Gasteiger partial charge in [0.2, 0.25) is 5.91 Å². The van der Waals surface area contributed by atoms with Crippen LogP contribution in [0.2, 0.25) is 0 Å². The molecule has 0 aromatic heterocycles. The number of piperidine rings is 1. The van der Waals surface area contributed by atoms with Crippen LogP contribution in [-0.2, 0) is 4.79 Å². The van der Waals surface area contributed by atoms with Crippen LogP contribution in [0.15, 0.2) is 0 Å². The number of amides is 1. The highest BCUT2D eigenvalue weighted by Gasteiger charge is 2.25. The van der Waals surface area contributed by atoms with Crippen LogP contribution in [0.4, 0.5) is 0 Å². The van der Waals surface area contributed by atoms with E-state index in [9.17, 15) is 4.79 Å². The highest BCUT2D eigenvalue weighted by Crippen LogP contribution is 2.15. The van der Waals surface area contributed by atoms with E-state index in [2.05, 4.69) is 24.2 Å². The molecule has 0 radical (unpaired) electrons. The Balaban J connectivity index is 2.41. The number of carbonyl (C=O) groups is 1. The van der Waals surface area contributed by atoms with Crippen LogP contribution < -0.4 is 11.1 Å². The monoisotopic (exact) mass is 199 g/mol. The molecule has 0 bridgehead atoms. The van der Waals surface area contributed by atoms with E-state index in [0.717, 1.165) is 19.5 Å². The van der Waals surface area contributed by atoms with Gasteiger partial charge in [-0.3, -0.25) is 4.79 Å². The van der Waals surface area contributed by atoms with Crippen LogP contribution in [0.25, 0.3) is 0 Å². The Hall–Kier alpha value is -0.610. The van der Waals surface area contributed by atoms with E-state index in [0.29, 0.717) is 12.0 Å². The third-order valence-corrected chi connectivity index (χ3v) is 2.85. The van der Waals surface area contributed by atoms with Crippen LogP contribution in [-0.4, -0.2) is 43.0 Å². The van der Waals surface area contributed by atoms with E-state index in [-0.39, 0.29) is 5.91 Å². The van der Waals surface area contributed by atoms with Crippen LogP contribution in [0, 0.1) is 5.92 Å². The summed E-state index contributed by atoms with van der Waals surface area (Å²) in [6, 6.07) is -0.105. The maximum Gasteiger partial charge on any atom is 0.236 e. The summed E-state index contributed by atoms with van der Waals surface area (Å²) in [6.07, 6.45) is 1.02. The van der Waals surface area contributed by atoms with Crippen molar-refractivity contribution in [1.82, 2.24) is 10.2 Å². The number of nitrogens with zero attached hydrogens (tertiary/aromatic N) is 1. The Morgan fingerprint density at radius 3 is 2.79 bits per heavy atom. The molecule has 1 fully saturated rings. The summed E-state index contributed by atoms with van der Waals surface area (Å²) in [5.74, 6) is 0.475. The first-order chi connectivity index (χ1) is 6.50. The highest BCUT2D eigenvalue weighted by molar-refractivity contribution is 5.81. The Bertz CT molecular complexity index is 206. The zero-order valence-electron chi connectivity index (χ0n) is 9.29. The molecule has 0 aromatic rings. The van der Waals surface area contributed by atoms with Crippen LogP contribution in [0.3, 0.4) is 0 Å². The van der Waals surface area contributed by atoms with Crippen molar-refractivity contribution < 1.29 is 4.79 Å². The Labute approximate surface area is 85.8 Å². The van der Waals surface area contributed by atoms with Gasteiger partial charge in [0.25, 0.3) is 0 Å². The summed E-state index contributed by atoms with van der Waals surface area (Å²) in [7, 11) is 2.11. The van der Waals surface area contributed by atoms with Crippen molar-refractivity contribution >= 4 is 5.91 Å². The minimum absolute atomic E-state index is 0.0357. The van der Waals surface area contributed by atoms with Gasteiger partial charge in [-0.2, -0.15) is 0 Å². The minimum atomic E-state index is -0.401. The van der Waals surface area contributed by atoms with Gasteiger partial charge >= 0.3 is 0 Å². The molecule has 0 saturated carbocycles. The normalized spacial score (nSPS) is 31.1. The summed E-state index contributed by atoms with van der Waals surface area (Å²) in [6.45, 7) is 5.98. The summed E-state index contributed by atoms with van der Waals surface area (Å²) in [4.78, 5) is 13.7. The summed E-state index contributed by atoms with van der Waals surface area (Å²) < 4.78 is 0. The number of rotatable bonds is 2. The molecule has 0 spiro atoms. The lowest BCUT2D eigenvalue weighted by atomic mass is 9.94. The Morgan fingerprint density at radius 1 is 1.64 bits per heavy atom. The average molecular weight is 199 g/mol. The summed E-state index contributed by atoms with van der Waals surface area (Å²) in [5, 5.41) is 3.00. The molecule has 1 aliphatic heterocycles. The largest absolute Gasteiger partial charge is 0.352 e. The first kappa shape index (κ1) is 11.5. The third-order valence-electron chi connectivity index (χ3n) is 2.85. The van der Waals surface area contributed by atoms with Gasteiger partial charge in [-0.1, -0.05) is 6.92 Å². The van der Waals surface area contributed by atoms with Crippen molar-refractivity contribution in [2.75, 3.05) is 20.1 Å². The fourth-order valence-electron chi connectivity index (χ4n) is 1.88. The van der Waals surface area contributed by atoms with Crippen molar-refractivity contribution in [3.05, 3.63) is 0 Å². The Kier molecular flexibility index (Phi) is 3.89. The smallest absolute Gasteiger partial charge is 0.236 e. The standard InChI is InChI=1S/C10H21N3O/c1-7-6-13(3)5-4-9(7)12-10(14)8(2)11/h7-9H,4-6,11H2,1-3H3,(H,12,14)/t7?,8-,9?/m1/s1. The molecule has 3 atom stereocenters.